The van der Waals surface area contributed by atoms with Gasteiger partial charge < -0.3 is 15.0 Å². The van der Waals surface area contributed by atoms with Gasteiger partial charge in [0.05, 0.1) is 24.2 Å². The van der Waals surface area contributed by atoms with Crippen LogP contribution in [0.5, 0.6) is 5.75 Å². The molecule has 0 aliphatic carbocycles. The second kappa shape index (κ2) is 3.49. The number of ether oxygens (including phenoxy) is 1. The fourth-order valence-corrected chi connectivity index (χ4v) is 2.37. The third kappa shape index (κ3) is 1.30. The minimum absolute atomic E-state index is 0.0761. The molecule has 1 unspecified atom stereocenters. The van der Waals surface area contributed by atoms with E-state index in [4.69, 9.17) is 10.5 Å². The van der Waals surface area contributed by atoms with Crippen molar-refractivity contribution in [1.29, 1.82) is 0 Å². The maximum Gasteiger partial charge on any atom is 0.126 e. The van der Waals surface area contributed by atoms with Crippen LogP contribution in [0.2, 0.25) is 0 Å². The first-order chi connectivity index (χ1) is 7.79. The van der Waals surface area contributed by atoms with E-state index in [0.29, 0.717) is 0 Å². The number of fused-ring (bicyclic) bond motifs is 3. The van der Waals surface area contributed by atoms with Gasteiger partial charge in [0, 0.05) is 12.6 Å². The average Bonchev–Trinajstić information content (AvgIpc) is 2.68. The molecule has 1 aromatic carbocycles. The van der Waals surface area contributed by atoms with Gasteiger partial charge in [-0.05, 0) is 25.0 Å². The Labute approximate surface area is 94.0 Å². The minimum atomic E-state index is 0.0761. The fourth-order valence-electron chi connectivity index (χ4n) is 2.37. The molecule has 4 heteroatoms. The van der Waals surface area contributed by atoms with Crippen molar-refractivity contribution in [3.05, 3.63) is 24.0 Å². The summed E-state index contributed by atoms with van der Waals surface area (Å²) in [5.41, 5.74) is 8.20. The highest BCUT2D eigenvalue weighted by Gasteiger charge is 2.21. The Bertz CT molecular complexity index is 532. The van der Waals surface area contributed by atoms with Gasteiger partial charge in [-0.1, -0.05) is 0 Å². The second-order valence-electron chi connectivity index (χ2n) is 4.23. The normalized spacial score (nSPS) is 19.8. The van der Waals surface area contributed by atoms with Gasteiger partial charge in [0.25, 0.3) is 0 Å². The molecule has 0 bridgehead atoms. The van der Waals surface area contributed by atoms with Crippen LogP contribution in [0.25, 0.3) is 11.0 Å². The molecule has 4 nitrogen and oxygen atoms in total. The predicted octanol–water partition coefficient (Wildman–Crippen LogP) is 1.84. The Hall–Kier alpha value is -1.55. The van der Waals surface area contributed by atoms with E-state index in [1.54, 1.807) is 7.11 Å². The molecule has 0 spiro atoms. The number of aryl methyl sites for hydroxylation is 1. The molecule has 0 saturated carbocycles. The van der Waals surface area contributed by atoms with E-state index in [1.165, 1.54) is 0 Å². The number of imidazole rings is 1. The van der Waals surface area contributed by atoms with Crippen molar-refractivity contribution in [3.63, 3.8) is 0 Å². The van der Waals surface area contributed by atoms with Gasteiger partial charge in [-0.15, -0.1) is 0 Å². The SMILES string of the molecule is COc1ccc2c(c1)nc1n2CCCC1N. The lowest BCUT2D eigenvalue weighted by Gasteiger charge is -2.20. The smallest absolute Gasteiger partial charge is 0.126 e. The third-order valence-corrected chi connectivity index (χ3v) is 3.21. The quantitative estimate of drug-likeness (QED) is 0.793. The van der Waals surface area contributed by atoms with Crippen LogP contribution in [0.3, 0.4) is 0 Å². The number of nitrogens with two attached hydrogens (primary N) is 1. The molecule has 1 aliphatic rings. The zero-order valence-corrected chi connectivity index (χ0v) is 9.31. The lowest BCUT2D eigenvalue weighted by atomic mass is 10.1. The minimum Gasteiger partial charge on any atom is -0.497 e. The largest absolute Gasteiger partial charge is 0.497 e. The maximum absolute atomic E-state index is 6.07. The number of hydrogen-bond donors (Lipinski definition) is 1. The van der Waals surface area contributed by atoms with Crippen LogP contribution >= 0.6 is 0 Å². The molecule has 0 fully saturated rings. The lowest BCUT2D eigenvalue weighted by Crippen LogP contribution is -2.21. The highest BCUT2D eigenvalue weighted by atomic mass is 16.5. The summed E-state index contributed by atoms with van der Waals surface area (Å²) < 4.78 is 7.43. The zero-order chi connectivity index (χ0) is 11.1. The molecule has 1 atom stereocenters. The molecule has 3 rings (SSSR count). The molecule has 0 radical (unpaired) electrons. The van der Waals surface area contributed by atoms with Gasteiger partial charge in [-0.2, -0.15) is 0 Å². The van der Waals surface area contributed by atoms with Crippen molar-refractivity contribution >= 4 is 11.0 Å². The van der Waals surface area contributed by atoms with Crippen LogP contribution in [-0.4, -0.2) is 16.7 Å². The van der Waals surface area contributed by atoms with E-state index >= 15 is 0 Å². The van der Waals surface area contributed by atoms with Gasteiger partial charge in [0.1, 0.15) is 11.6 Å². The zero-order valence-electron chi connectivity index (χ0n) is 9.31. The average molecular weight is 217 g/mol. The molecule has 1 aliphatic heterocycles. The van der Waals surface area contributed by atoms with Crippen molar-refractivity contribution in [1.82, 2.24) is 9.55 Å². The second-order valence-corrected chi connectivity index (χ2v) is 4.23. The van der Waals surface area contributed by atoms with Gasteiger partial charge in [0.15, 0.2) is 0 Å². The lowest BCUT2D eigenvalue weighted by molar-refractivity contribution is 0.415. The number of nitrogens with zero attached hydrogens (tertiary/aromatic N) is 2. The molecule has 0 saturated heterocycles. The number of benzene rings is 1. The summed E-state index contributed by atoms with van der Waals surface area (Å²) in [5, 5.41) is 0. The standard InChI is InChI=1S/C12H15N3O/c1-16-8-4-5-11-10(7-8)14-12-9(13)3-2-6-15(11)12/h4-5,7,9H,2-3,6,13H2,1H3. The van der Waals surface area contributed by atoms with Crippen LogP contribution in [0.4, 0.5) is 0 Å². The first kappa shape index (κ1) is 9.66. The molecule has 2 N–H and O–H groups in total. The van der Waals surface area contributed by atoms with Crippen molar-refractivity contribution in [2.24, 2.45) is 5.73 Å². The molecule has 2 heterocycles. The summed E-state index contributed by atoms with van der Waals surface area (Å²) in [6.07, 6.45) is 2.16. The summed E-state index contributed by atoms with van der Waals surface area (Å²) in [6.45, 7) is 1.02. The van der Waals surface area contributed by atoms with Crippen LogP contribution in [0.15, 0.2) is 18.2 Å². The van der Waals surface area contributed by atoms with E-state index in [-0.39, 0.29) is 6.04 Å². The summed E-state index contributed by atoms with van der Waals surface area (Å²) in [6, 6.07) is 6.07. The third-order valence-electron chi connectivity index (χ3n) is 3.21. The Morgan fingerprint density at radius 2 is 2.38 bits per heavy atom. The molecular weight excluding hydrogens is 202 g/mol. The summed E-state index contributed by atoms with van der Waals surface area (Å²) in [7, 11) is 1.67. The predicted molar refractivity (Wildman–Crippen MR) is 62.4 cm³/mol. The monoisotopic (exact) mass is 217 g/mol. The first-order valence-corrected chi connectivity index (χ1v) is 5.59. The van der Waals surface area contributed by atoms with Crippen molar-refractivity contribution in [2.75, 3.05) is 7.11 Å². The Morgan fingerprint density at radius 3 is 3.19 bits per heavy atom. The van der Waals surface area contributed by atoms with Crippen LogP contribution < -0.4 is 10.5 Å². The Kier molecular flexibility index (Phi) is 2.11. The van der Waals surface area contributed by atoms with Gasteiger partial charge in [-0.3, -0.25) is 0 Å². The fraction of sp³-hybridized carbons (Fsp3) is 0.417. The summed E-state index contributed by atoms with van der Waals surface area (Å²) >= 11 is 0. The number of hydrogen-bond acceptors (Lipinski definition) is 3. The number of methoxy groups -OCH3 is 1. The van der Waals surface area contributed by atoms with Crippen molar-refractivity contribution < 1.29 is 4.74 Å². The van der Waals surface area contributed by atoms with Crippen LogP contribution in [0.1, 0.15) is 24.7 Å². The highest BCUT2D eigenvalue weighted by molar-refractivity contribution is 5.78. The molecule has 1 aromatic heterocycles. The molecule has 84 valence electrons. The van der Waals surface area contributed by atoms with Crippen LogP contribution in [0, 0.1) is 0 Å². The van der Waals surface area contributed by atoms with Gasteiger partial charge in [-0.25, -0.2) is 4.98 Å². The van der Waals surface area contributed by atoms with E-state index < -0.39 is 0 Å². The molecular formula is C12H15N3O. The Morgan fingerprint density at radius 1 is 1.50 bits per heavy atom. The van der Waals surface area contributed by atoms with E-state index in [1.807, 2.05) is 12.1 Å². The Balaban J connectivity index is 2.23. The van der Waals surface area contributed by atoms with Crippen molar-refractivity contribution in [3.8, 4) is 5.75 Å². The number of rotatable bonds is 1. The van der Waals surface area contributed by atoms with Crippen molar-refractivity contribution in [2.45, 2.75) is 25.4 Å². The van der Waals surface area contributed by atoms with Gasteiger partial charge >= 0.3 is 0 Å². The molecule has 0 amide bonds. The first-order valence-electron chi connectivity index (χ1n) is 5.59. The molecule has 16 heavy (non-hydrogen) atoms. The van der Waals surface area contributed by atoms with E-state index in [2.05, 4.69) is 15.6 Å². The summed E-state index contributed by atoms with van der Waals surface area (Å²) in [5.74, 6) is 1.85. The van der Waals surface area contributed by atoms with E-state index in [0.717, 1.165) is 42.0 Å². The highest BCUT2D eigenvalue weighted by Crippen LogP contribution is 2.29. The maximum atomic E-state index is 6.07. The number of aromatic nitrogens is 2. The summed E-state index contributed by atoms with van der Waals surface area (Å²) in [4.78, 5) is 4.60. The topological polar surface area (TPSA) is 53.1 Å². The molecule has 2 aromatic rings. The van der Waals surface area contributed by atoms with Crippen LogP contribution in [-0.2, 0) is 6.54 Å². The van der Waals surface area contributed by atoms with Gasteiger partial charge in [0.2, 0.25) is 0 Å². The van der Waals surface area contributed by atoms with E-state index in [9.17, 15) is 0 Å².